The Labute approximate surface area is 512 Å². The van der Waals surface area contributed by atoms with Crippen molar-refractivity contribution in [3.63, 3.8) is 0 Å². The van der Waals surface area contributed by atoms with Crippen LogP contribution in [0.4, 0.5) is 11.6 Å². The Hall–Kier alpha value is -5.87. The highest BCUT2D eigenvalue weighted by atomic mass is 31.3. The van der Waals surface area contributed by atoms with E-state index in [1.165, 1.54) is 69.1 Å². The quantitative estimate of drug-likeness (QED) is 0.0198. The Morgan fingerprint density at radius 3 is 1.27 bits per heavy atom. The third-order valence-corrected chi connectivity index (χ3v) is 19.3. The van der Waals surface area contributed by atoms with Gasteiger partial charge in [0.25, 0.3) is 55.6 Å². The summed E-state index contributed by atoms with van der Waals surface area (Å²) in [6, 6.07) is 5.56. The average molecular weight is 1400 g/mol. The first-order valence-electron chi connectivity index (χ1n) is 25.9. The highest BCUT2D eigenvalue weighted by Crippen LogP contribution is 2.58. The highest BCUT2D eigenvalue weighted by molar-refractivity contribution is 7.60. The smallest absolute Gasteiger partial charge is 0.470 e. The molecule has 50 heteroatoms. The van der Waals surface area contributed by atoms with Gasteiger partial charge in [0.15, 0.2) is 72.4 Å². The number of nitrogen functional groups attached to an aromatic ring is 2. The van der Waals surface area contributed by atoms with Crippen molar-refractivity contribution in [2.45, 2.75) is 98.2 Å². The molecule has 10 rings (SSSR count). The van der Waals surface area contributed by atoms with Gasteiger partial charge >= 0.3 is 7.82 Å². The minimum Gasteiger partial charge on any atom is -0.756 e. The van der Waals surface area contributed by atoms with E-state index in [-0.39, 0.29) is 45.1 Å². The normalized spacial score (nSPS) is 30.9. The molecular formula is C42H53N14O31P5-2. The van der Waals surface area contributed by atoms with Gasteiger partial charge in [-0.05, 0) is 12.1 Å². The van der Waals surface area contributed by atoms with Gasteiger partial charge in [0.05, 0.1) is 39.1 Å². The minimum atomic E-state index is -5.84. The number of phosphoric ester groups is 5. The van der Waals surface area contributed by atoms with Gasteiger partial charge < -0.3 is 125 Å². The van der Waals surface area contributed by atoms with Crippen LogP contribution in [0, 0.1) is 0 Å². The van der Waals surface area contributed by atoms with E-state index in [9.17, 15) is 97.5 Å². The van der Waals surface area contributed by atoms with Gasteiger partial charge in [0, 0.05) is 12.1 Å². The molecule has 10 heterocycles. The molecule has 6 aromatic heterocycles. The summed E-state index contributed by atoms with van der Waals surface area (Å²) in [5.74, 6) is -1.62. The van der Waals surface area contributed by atoms with E-state index >= 15 is 0 Å². The summed E-state index contributed by atoms with van der Waals surface area (Å²) in [7, 11) is -28.3. The Morgan fingerprint density at radius 1 is 0.522 bits per heavy atom. The fourth-order valence-electron chi connectivity index (χ4n) is 9.38. The van der Waals surface area contributed by atoms with Crippen molar-refractivity contribution in [1.29, 1.82) is 0 Å². The number of anilines is 2. The first-order chi connectivity index (χ1) is 43.0. The Morgan fingerprint density at radius 2 is 0.880 bits per heavy atom. The summed E-state index contributed by atoms with van der Waals surface area (Å²) < 4.78 is 118. The molecule has 20 atom stereocenters. The Balaban J connectivity index is 0.000000218. The van der Waals surface area contributed by atoms with E-state index < -0.39 is 176 Å². The van der Waals surface area contributed by atoms with Crippen LogP contribution in [-0.2, 0) is 73.0 Å². The summed E-state index contributed by atoms with van der Waals surface area (Å²) in [5, 5.41) is 72.9. The average Bonchev–Trinajstić information content (AvgIpc) is 1.63. The minimum absolute atomic E-state index is 0.0178. The molecule has 6 aromatic rings. The van der Waals surface area contributed by atoms with Gasteiger partial charge in [-0.25, -0.2) is 43.1 Å². The van der Waals surface area contributed by atoms with Gasteiger partial charge in [-0.2, -0.15) is 9.13 Å². The van der Waals surface area contributed by atoms with Crippen molar-refractivity contribution in [1.82, 2.24) is 39.0 Å². The summed E-state index contributed by atoms with van der Waals surface area (Å²) in [5.41, 5.74) is 22.4. The van der Waals surface area contributed by atoms with Crippen molar-refractivity contribution >= 4 is 84.9 Å². The maximum absolute atomic E-state index is 12.4. The molecule has 504 valence electrons. The molecule has 4 aliphatic rings. The molecule has 12 unspecified atom stereocenters. The van der Waals surface area contributed by atoms with Gasteiger partial charge in [-0.3, -0.25) is 41.5 Å². The fraction of sp³-hybridized carbons (Fsp3) is 0.476. The van der Waals surface area contributed by atoms with Crippen LogP contribution in [0.3, 0.4) is 0 Å². The number of aliphatic hydroxyl groups is 7. The van der Waals surface area contributed by atoms with E-state index in [0.29, 0.717) is 0 Å². The van der Waals surface area contributed by atoms with Crippen molar-refractivity contribution in [2.24, 2.45) is 11.5 Å². The second-order valence-electron chi connectivity index (χ2n) is 19.9. The van der Waals surface area contributed by atoms with E-state index in [1.54, 1.807) is 0 Å². The number of hydrogen-bond acceptors (Lipinski definition) is 37. The number of nitrogens with two attached hydrogens (primary N) is 4. The van der Waals surface area contributed by atoms with E-state index in [2.05, 4.69) is 61.1 Å². The number of ether oxygens (including phenoxy) is 4. The van der Waals surface area contributed by atoms with Crippen molar-refractivity contribution in [3.8, 4) is 0 Å². The van der Waals surface area contributed by atoms with Crippen molar-refractivity contribution in [3.05, 3.63) is 85.5 Å². The molecule has 2 amide bonds. The third-order valence-electron chi connectivity index (χ3n) is 13.7. The number of amides is 2. The number of phosphoric acid groups is 5. The summed E-state index contributed by atoms with van der Waals surface area (Å²) in [4.78, 5) is 114. The zero-order valence-corrected chi connectivity index (χ0v) is 50.5. The number of aliphatic hydroxyl groups excluding tert-OH is 7. The number of nitrogens with zero attached hydrogens (tertiary/aromatic N) is 10. The first-order valence-corrected chi connectivity index (χ1v) is 33.2. The lowest BCUT2D eigenvalue weighted by molar-refractivity contribution is -0.766. The van der Waals surface area contributed by atoms with Crippen LogP contribution in [0.1, 0.15) is 45.6 Å². The molecule has 0 aliphatic carbocycles. The molecular weight excluding hydrogens is 1350 g/mol. The van der Waals surface area contributed by atoms with Gasteiger partial charge in [-0.1, -0.05) is 0 Å². The second kappa shape index (κ2) is 27.8. The lowest BCUT2D eigenvalue weighted by Gasteiger charge is -2.32. The van der Waals surface area contributed by atoms with E-state index in [4.69, 9.17) is 41.9 Å². The number of carbonyl (C=O) groups excluding carboxylic acids is 2. The molecule has 92 heavy (non-hydrogen) atoms. The number of aromatic nitrogens is 10. The lowest BCUT2D eigenvalue weighted by Crippen LogP contribution is -2.46. The molecule has 0 radical (unpaired) electrons. The maximum atomic E-state index is 12.4. The van der Waals surface area contributed by atoms with Gasteiger partial charge in [0.2, 0.25) is 0 Å². The van der Waals surface area contributed by atoms with Crippen LogP contribution in [0.15, 0.2) is 74.4 Å². The summed E-state index contributed by atoms with van der Waals surface area (Å²) >= 11 is 0. The summed E-state index contributed by atoms with van der Waals surface area (Å²) in [6.07, 6.45) is -16.1. The van der Waals surface area contributed by atoms with Crippen LogP contribution in [0.2, 0.25) is 0 Å². The topological polar surface area (TPSA) is 694 Å². The largest absolute Gasteiger partial charge is 0.756 e. The molecule has 4 saturated heterocycles. The van der Waals surface area contributed by atoms with Gasteiger partial charge in [0.1, 0.15) is 95.9 Å². The highest BCUT2D eigenvalue weighted by Gasteiger charge is 2.52. The zero-order valence-electron chi connectivity index (χ0n) is 46.0. The van der Waals surface area contributed by atoms with Gasteiger partial charge in [-0.15, -0.1) is 0 Å². The molecule has 4 fully saturated rings. The maximum Gasteiger partial charge on any atom is 0.470 e. The van der Waals surface area contributed by atoms with Crippen molar-refractivity contribution in [2.75, 3.05) is 37.9 Å². The molecule has 0 bridgehead atoms. The van der Waals surface area contributed by atoms with Crippen LogP contribution in [0.25, 0.3) is 22.3 Å². The summed E-state index contributed by atoms with van der Waals surface area (Å²) in [6.45, 7) is -4.19. The van der Waals surface area contributed by atoms with E-state index in [0.717, 1.165) is 23.5 Å². The van der Waals surface area contributed by atoms with Crippen molar-refractivity contribution < 1.29 is 157 Å². The molecule has 0 spiro atoms. The number of fused-ring (bicyclic) bond motifs is 2. The number of primary amides is 2. The Bertz CT molecular complexity index is 3930. The third kappa shape index (κ3) is 16.3. The predicted octanol–water partition coefficient (Wildman–Crippen LogP) is -8.44. The Kier molecular flexibility index (Phi) is 21.3. The van der Waals surface area contributed by atoms with Crippen LogP contribution < -0.4 is 51.6 Å². The van der Waals surface area contributed by atoms with Crippen LogP contribution in [-0.4, -0.2) is 196 Å². The fourth-order valence-corrected chi connectivity index (χ4v) is 14.0. The monoisotopic (exact) mass is 1400 g/mol. The lowest BCUT2D eigenvalue weighted by atomic mass is 10.1. The number of rotatable bonds is 24. The molecule has 0 aromatic carbocycles. The molecule has 4 aliphatic heterocycles. The number of pyridine rings is 2. The number of carbonyl (C=O) groups is 2. The predicted molar refractivity (Wildman–Crippen MR) is 281 cm³/mol. The molecule has 17 N–H and O–H groups in total. The first kappa shape index (κ1) is 70.4. The number of hydrogen-bond donors (Lipinski definition) is 13. The van der Waals surface area contributed by atoms with E-state index in [1.807, 2.05) is 0 Å². The SMILES string of the molecule is NC(=O)c1ccc[n+]([C@H]2O[C@@H](COP(=O)([O-])OP(=O)([O-])OC[C@H]3O[C@@H](n4cnc5c(N)ncnc54)C(O)C3O)C(O)C2O)c1.NC(=O)c1ccc[n+]([C@H]2O[C@@H](COP(=O)([O-])OP(=O)([O-])OC[C@H]3O[C@@H](n4cnc5c(N)ncnc54)C(OP(=O)(O)O)C3O)C(O)C2O)c1. The van der Waals surface area contributed by atoms with Crippen LogP contribution in [0.5, 0.6) is 0 Å². The number of imidazole rings is 2. The molecule has 0 saturated carbocycles. The molecule has 45 nitrogen and oxygen atoms in total. The zero-order chi connectivity index (χ0) is 67.2. The standard InChI is InChI=1S/C21H28N7O17P3.C21H27N7O14P2/c22-17-12-19(25-7-24-17)28(8-26-12)21-16(44-46(33,34)35)14(30)11(43-21)6-41-48(38,39)45-47(36,37)40-5-10-13(29)15(31)20(42-10)27-3-1-2-9(4-27)18(23)32;22-17-12-19(25-7-24-17)28(8-26-12)21-16(32)14(30)11(41-21)6-39-44(36,37)42-43(34,35)38-5-10-13(29)15(31)20(40-10)27-3-1-2-9(4-27)18(23)33/h1-4,7-8,10-11,13-16,20-21,29-31H,5-6H2,(H7-,22,23,24,25,32,33,34,35,36,37,38,39);1-4,7-8,10-11,13-16,20-21,29-32H,5-6H2,(H5-,22,23,24,25,33,34,35,36,37)/p-2/t2*10-,11+,13?,14?,15?,16?,20-,21+/m00/s1. The second-order valence-corrected chi connectivity index (χ2v) is 27.0. The van der Waals surface area contributed by atoms with Crippen LogP contribution >= 0.6 is 39.1 Å².